The number of phosphoric ester groups is 1. The molecule has 0 aromatic carbocycles. The Morgan fingerprint density at radius 3 is 2.40 bits per heavy atom. The number of H-pyrrole nitrogens is 1. The minimum Gasteiger partial charge on any atom is -0.387 e. The maximum absolute atomic E-state index is 15.0. The fraction of sp³-hybridized carbons (Fsp3) is 0.600. The molecule has 0 spiro atoms. The summed E-state index contributed by atoms with van der Waals surface area (Å²) in [5.74, 6) is 0. The van der Waals surface area contributed by atoms with E-state index in [1.54, 1.807) is 0 Å². The van der Waals surface area contributed by atoms with Crippen LogP contribution in [0.2, 0.25) is 0 Å². The predicted octanol–water partition coefficient (Wildman–Crippen LogP) is 0.236. The summed E-state index contributed by atoms with van der Waals surface area (Å²) in [6.45, 7) is -0.155. The third-order valence-corrected chi connectivity index (χ3v) is 7.75. The van der Waals surface area contributed by atoms with E-state index in [1.807, 2.05) is 0 Å². The first kappa shape index (κ1) is 25.6. The average molecular weight is 516 g/mol. The van der Waals surface area contributed by atoms with Crippen molar-refractivity contribution in [3.8, 4) is 0 Å². The van der Waals surface area contributed by atoms with Crippen LogP contribution in [0.25, 0.3) is 0 Å². The van der Waals surface area contributed by atoms with Crippen molar-refractivity contribution in [2.75, 3.05) is 6.61 Å². The van der Waals surface area contributed by atoms with Gasteiger partial charge in [-0.05, 0) is 19.1 Å². The van der Waals surface area contributed by atoms with Gasteiger partial charge in [0.15, 0.2) is 16.7 Å². The molecule has 0 aliphatic carbocycles. The number of halogens is 1. The summed E-state index contributed by atoms with van der Waals surface area (Å²) in [6, 6.07) is 1.00. The molecule has 1 fully saturated rings. The Morgan fingerprint density at radius 2 is 1.87 bits per heavy atom. The van der Waals surface area contributed by atoms with Crippen molar-refractivity contribution in [1.29, 1.82) is 0 Å². The molecular weight excluding hydrogens is 500 g/mol. The first-order valence-electron chi connectivity index (χ1n) is 7.56. The van der Waals surface area contributed by atoms with Crippen LogP contribution in [-0.4, -0.2) is 58.7 Å². The standard InChI is InChI=1S/C10H16FN2O13P3S/c1-10(11)7(15)5(24-8(10)13-3-2-6(14)12-9(13)30)4-23-28(19,20)26-29(21,22)25-27(16,17)18/h2-3,5,7-8,15H,4H2,1H3,(H,19,20)(H,21,22)(H,12,14,30)(H2,16,17,18)/t5-,7?,8-,10-/m1/s1. The lowest BCUT2D eigenvalue weighted by atomic mass is 9.99. The van der Waals surface area contributed by atoms with E-state index in [9.17, 15) is 28.5 Å². The molecule has 1 aromatic heterocycles. The van der Waals surface area contributed by atoms with E-state index in [4.69, 9.17) is 31.6 Å². The van der Waals surface area contributed by atoms with E-state index in [1.165, 1.54) is 0 Å². The van der Waals surface area contributed by atoms with E-state index in [0.717, 1.165) is 23.8 Å². The Hall–Kier alpha value is -0.640. The number of aromatic amines is 1. The van der Waals surface area contributed by atoms with Gasteiger partial charge in [0.05, 0.1) is 6.61 Å². The summed E-state index contributed by atoms with van der Waals surface area (Å²) in [7, 11) is -16.8. The molecule has 30 heavy (non-hydrogen) atoms. The molecule has 1 aliphatic heterocycles. The summed E-state index contributed by atoms with van der Waals surface area (Å²) >= 11 is 4.89. The van der Waals surface area contributed by atoms with Gasteiger partial charge in [-0.3, -0.25) is 18.9 Å². The number of nitrogens with one attached hydrogen (secondary N) is 1. The zero-order chi connectivity index (χ0) is 23.1. The largest absolute Gasteiger partial charge is 0.490 e. The lowest BCUT2D eigenvalue weighted by molar-refractivity contribution is -0.0594. The van der Waals surface area contributed by atoms with Crippen LogP contribution in [0, 0.1) is 4.77 Å². The number of nitrogens with zero attached hydrogens (tertiary/aromatic N) is 1. The average Bonchev–Trinajstić information content (AvgIpc) is 2.73. The van der Waals surface area contributed by atoms with Gasteiger partial charge in [-0.2, -0.15) is 8.62 Å². The van der Waals surface area contributed by atoms with Crippen molar-refractivity contribution < 1.29 is 60.6 Å². The van der Waals surface area contributed by atoms with Crippen LogP contribution in [-0.2, 0) is 31.6 Å². The Balaban J connectivity index is 2.13. The summed E-state index contributed by atoms with van der Waals surface area (Å²) in [4.78, 5) is 48.9. The maximum atomic E-state index is 15.0. The number of phosphoric acid groups is 3. The highest BCUT2D eigenvalue weighted by molar-refractivity contribution is 7.71. The van der Waals surface area contributed by atoms with E-state index < -0.39 is 59.7 Å². The minimum atomic E-state index is -5.74. The molecule has 1 aromatic rings. The van der Waals surface area contributed by atoms with Crippen LogP contribution in [0.1, 0.15) is 13.2 Å². The summed E-state index contributed by atoms with van der Waals surface area (Å²) < 4.78 is 66.0. The molecule has 2 heterocycles. The third kappa shape index (κ3) is 6.43. The number of rotatable bonds is 8. The zero-order valence-electron chi connectivity index (χ0n) is 14.7. The summed E-state index contributed by atoms with van der Waals surface area (Å²) in [5, 5.41) is 10.1. The normalized spacial score (nSPS) is 31.2. The Kier molecular flexibility index (Phi) is 7.44. The molecule has 15 nitrogen and oxygen atoms in total. The molecular formula is C10H16FN2O13P3S. The van der Waals surface area contributed by atoms with E-state index in [2.05, 4.69) is 18.1 Å². The van der Waals surface area contributed by atoms with Crippen LogP contribution in [0.4, 0.5) is 4.39 Å². The number of aromatic nitrogens is 2. The number of hydrogen-bond acceptors (Lipinski definition) is 10. The van der Waals surface area contributed by atoms with Crippen molar-refractivity contribution in [2.24, 2.45) is 0 Å². The number of aliphatic hydroxyl groups excluding tert-OH is 1. The van der Waals surface area contributed by atoms with E-state index in [0.29, 0.717) is 0 Å². The highest BCUT2D eigenvalue weighted by atomic mass is 32.1. The van der Waals surface area contributed by atoms with Crippen LogP contribution in [0.15, 0.2) is 17.1 Å². The fourth-order valence-corrected chi connectivity index (χ4v) is 5.72. The maximum Gasteiger partial charge on any atom is 0.490 e. The fourth-order valence-electron chi connectivity index (χ4n) is 2.43. The van der Waals surface area contributed by atoms with Crippen molar-refractivity contribution >= 4 is 35.7 Å². The molecule has 6 N–H and O–H groups in total. The molecule has 0 saturated carbocycles. The van der Waals surface area contributed by atoms with E-state index >= 15 is 4.39 Å². The number of ether oxygens (including phenoxy) is 1. The number of hydrogen-bond donors (Lipinski definition) is 6. The molecule has 20 heteroatoms. The van der Waals surface area contributed by atoms with Gasteiger partial charge in [0.2, 0.25) is 0 Å². The zero-order valence-corrected chi connectivity index (χ0v) is 18.2. The van der Waals surface area contributed by atoms with Gasteiger partial charge in [0, 0.05) is 12.3 Å². The second-order valence-electron chi connectivity index (χ2n) is 6.03. The third-order valence-electron chi connectivity index (χ3n) is 3.64. The lowest BCUT2D eigenvalue weighted by Gasteiger charge is -2.25. The quantitative estimate of drug-likeness (QED) is 0.201. The van der Waals surface area contributed by atoms with Gasteiger partial charge < -0.3 is 29.4 Å². The van der Waals surface area contributed by atoms with Crippen LogP contribution in [0.5, 0.6) is 0 Å². The van der Waals surface area contributed by atoms with Gasteiger partial charge in [0.1, 0.15) is 12.2 Å². The van der Waals surface area contributed by atoms with Gasteiger partial charge in [-0.25, -0.2) is 18.1 Å². The van der Waals surface area contributed by atoms with Gasteiger partial charge in [0.25, 0.3) is 5.56 Å². The number of alkyl halides is 1. The van der Waals surface area contributed by atoms with Crippen molar-refractivity contribution in [1.82, 2.24) is 9.55 Å². The van der Waals surface area contributed by atoms with Crippen LogP contribution < -0.4 is 5.56 Å². The van der Waals surface area contributed by atoms with Crippen LogP contribution >= 0.6 is 35.7 Å². The van der Waals surface area contributed by atoms with Crippen molar-refractivity contribution in [3.05, 3.63) is 27.4 Å². The summed E-state index contributed by atoms with van der Waals surface area (Å²) in [5.41, 5.74) is -3.12. The Bertz CT molecular complexity index is 1050. The molecule has 0 bridgehead atoms. The van der Waals surface area contributed by atoms with E-state index in [-0.39, 0.29) is 4.77 Å². The van der Waals surface area contributed by atoms with Crippen molar-refractivity contribution in [3.63, 3.8) is 0 Å². The van der Waals surface area contributed by atoms with Gasteiger partial charge in [-0.1, -0.05) is 0 Å². The molecule has 1 saturated heterocycles. The number of aliphatic hydroxyl groups is 1. The molecule has 2 rings (SSSR count). The topological polar surface area (TPSA) is 227 Å². The molecule has 3 unspecified atom stereocenters. The molecule has 0 radical (unpaired) electrons. The molecule has 6 atom stereocenters. The second kappa shape index (κ2) is 8.71. The van der Waals surface area contributed by atoms with Gasteiger partial charge in [-0.15, -0.1) is 0 Å². The molecule has 0 amide bonds. The highest BCUT2D eigenvalue weighted by Gasteiger charge is 2.55. The lowest BCUT2D eigenvalue weighted by Crippen LogP contribution is -2.41. The highest BCUT2D eigenvalue weighted by Crippen LogP contribution is 2.66. The smallest absolute Gasteiger partial charge is 0.387 e. The summed E-state index contributed by atoms with van der Waals surface area (Å²) in [6.07, 6.45) is -4.13. The second-order valence-corrected chi connectivity index (χ2v) is 10.8. The van der Waals surface area contributed by atoms with Crippen molar-refractivity contribution in [2.45, 2.75) is 31.0 Å². The minimum absolute atomic E-state index is 0.253. The predicted molar refractivity (Wildman–Crippen MR) is 95.1 cm³/mol. The van der Waals surface area contributed by atoms with Gasteiger partial charge >= 0.3 is 23.5 Å². The molecule has 172 valence electrons. The Morgan fingerprint density at radius 1 is 1.27 bits per heavy atom. The first-order valence-corrected chi connectivity index (χ1v) is 12.5. The first-order chi connectivity index (χ1) is 13.4. The SMILES string of the molecule is C[C@@]1(F)C(O)[C@@H](COP(=O)(O)OP(=O)(O)OP(=O)(O)O)O[C@H]1n1ccc(=O)[nH]c1=S. The monoisotopic (exact) mass is 516 g/mol. The molecule has 1 aliphatic rings. The van der Waals surface area contributed by atoms with Crippen LogP contribution in [0.3, 0.4) is 0 Å². The Labute approximate surface area is 171 Å².